The molecule has 0 aliphatic heterocycles. The summed E-state index contributed by atoms with van der Waals surface area (Å²) in [4.78, 5) is 31.9. The minimum Gasteiger partial charge on any atom is -0.288 e. The normalized spacial score (nSPS) is 9.36. The molecule has 0 amide bonds. The van der Waals surface area contributed by atoms with Crippen LogP contribution in [0.15, 0.2) is 54.6 Å². The number of hydrogen-bond donors (Lipinski definition) is 0. The quantitative estimate of drug-likeness (QED) is 0.369. The maximum atomic E-state index is 12.1. The average Bonchev–Trinajstić information content (AvgIpc) is 2.55. The highest BCUT2D eigenvalue weighted by atomic mass is 35.5. The Labute approximate surface area is 132 Å². The zero-order valence-electron chi connectivity index (χ0n) is 11.9. The Balaban J connectivity index is 0.000000422. The molecule has 0 radical (unpaired) electrons. The van der Waals surface area contributed by atoms with Crippen molar-refractivity contribution in [2.24, 2.45) is 0 Å². The fraction of sp³-hybridized carbons (Fsp3) is 0.125. The Hall–Kier alpha value is -2.53. The van der Waals surface area contributed by atoms with Crippen LogP contribution in [0.5, 0.6) is 0 Å². The van der Waals surface area contributed by atoms with Gasteiger partial charge in [0, 0.05) is 18.1 Å². The highest BCUT2D eigenvalue weighted by Crippen LogP contribution is 2.20. The van der Waals surface area contributed by atoms with Gasteiger partial charge in [-0.2, -0.15) is 0 Å². The highest BCUT2D eigenvalue weighted by molar-refractivity contribution is 6.63. The number of carbonyl (C=O) groups excluding carboxylic acids is 2. The summed E-state index contributed by atoms with van der Waals surface area (Å²) < 4.78 is 0. The molecule has 5 nitrogen and oxygen atoms in total. The van der Waals surface area contributed by atoms with Gasteiger partial charge in [0.1, 0.15) is 5.56 Å². The first-order valence-corrected chi connectivity index (χ1v) is 6.86. The number of ketones is 1. The minimum atomic E-state index is -0.545. The van der Waals surface area contributed by atoms with Crippen molar-refractivity contribution in [3.63, 3.8) is 0 Å². The van der Waals surface area contributed by atoms with Crippen molar-refractivity contribution in [1.29, 1.82) is 0 Å². The molecule has 0 N–H and O–H groups in total. The number of hydrogen-bond acceptors (Lipinski definition) is 4. The van der Waals surface area contributed by atoms with Gasteiger partial charge in [-0.25, -0.2) is 0 Å². The second-order valence-corrected chi connectivity index (χ2v) is 4.60. The number of nitro groups is 1. The standard InChI is InChI=1S/C13H9NO3.C3H5ClO/c15-13(10-6-2-1-3-7-10)11-8-4-5-9-12(11)14(16)17;1-2-3(4)5/h1-9H;2H2,1H3. The van der Waals surface area contributed by atoms with E-state index in [4.69, 9.17) is 11.6 Å². The van der Waals surface area contributed by atoms with Crippen LogP contribution >= 0.6 is 11.6 Å². The van der Waals surface area contributed by atoms with E-state index in [-0.39, 0.29) is 22.3 Å². The lowest BCUT2D eigenvalue weighted by molar-refractivity contribution is -0.385. The van der Waals surface area contributed by atoms with Gasteiger partial charge in [0.15, 0.2) is 5.78 Å². The van der Waals surface area contributed by atoms with Crippen molar-refractivity contribution < 1.29 is 14.5 Å². The monoisotopic (exact) mass is 319 g/mol. The van der Waals surface area contributed by atoms with Crippen molar-refractivity contribution in [3.05, 3.63) is 75.8 Å². The van der Waals surface area contributed by atoms with E-state index in [9.17, 15) is 19.7 Å². The molecule has 114 valence electrons. The van der Waals surface area contributed by atoms with Gasteiger partial charge in [-0.05, 0) is 17.7 Å². The van der Waals surface area contributed by atoms with Crippen LogP contribution in [-0.4, -0.2) is 15.9 Å². The smallest absolute Gasteiger partial charge is 0.280 e. The predicted molar refractivity (Wildman–Crippen MR) is 84.1 cm³/mol. The number of nitrogens with zero attached hydrogens (tertiary/aromatic N) is 1. The summed E-state index contributed by atoms with van der Waals surface area (Å²) in [5.41, 5.74) is 0.395. The van der Waals surface area contributed by atoms with E-state index in [0.29, 0.717) is 12.0 Å². The SMILES string of the molecule is CCC(=O)Cl.O=C(c1ccccc1)c1ccccc1[N+](=O)[O-]. The first-order valence-electron chi connectivity index (χ1n) is 6.48. The summed E-state index contributed by atoms with van der Waals surface area (Å²) in [6.07, 6.45) is 0.432. The van der Waals surface area contributed by atoms with Gasteiger partial charge in [0.05, 0.1) is 4.92 Å². The maximum absolute atomic E-state index is 12.1. The predicted octanol–water partition coefficient (Wildman–Crippen LogP) is 3.99. The molecular weight excluding hydrogens is 306 g/mol. The van der Waals surface area contributed by atoms with Gasteiger partial charge in [0.25, 0.3) is 5.69 Å². The van der Waals surface area contributed by atoms with Gasteiger partial charge in [-0.1, -0.05) is 49.4 Å². The van der Waals surface area contributed by atoms with Crippen LogP contribution in [-0.2, 0) is 4.79 Å². The largest absolute Gasteiger partial charge is 0.288 e. The van der Waals surface area contributed by atoms with Crippen LogP contribution in [0.3, 0.4) is 0 Å². The fourth-order valence-electron chi connectivity index (χ4n) is 1.57. The third-order valence-corrected chi connectivity index (χ3v) is 2.93. The van der Waals surface area contributed by atoms with E-state index < -0.39 is 4.92 Å². The molecule has 0 saturated carbocycles. The Morgan fingerprint density at radius 3 is 2.05 bits per heavy atom. The van der Waals surface area contributed by atoms with Gasteiger partial charge >= 0.3 is 0 Å². The third kappa shape index (κ3) is 5.10. The summed E-state index contributed by atoms with van der Waals surface area (Å²) >= 11 is 4.82. The number of carbonyl (C=O) groups is 2. The molecular formula is C16H14ClNO4. The molecule has 6 heteroatoms. The van der Waals surface area contributed by atoms with E-state index in [1.165, 1.54) is 12.1 Å². The van der Waals surface area contributed by atoms with Crippen LogP contribution in [0.1, 0.15) is 29.3 Å². The summed E-state index contributed by atoms with van der Waals surface area (Å²) in [6, 6.07) is 14.5. The summed E-state index contributed by atoms with van der Waals surface area (Å²) in [7, 11) is 0. The topological polar surface area (TPSA) is 77.3 Å². The van der Waals surface area contributed by atoms with Gasteiger partial charge in [0.2, 0.25) is 5.24 Å². The molecule has 0 fully saturated rings. The minimum absolute atomic E-state index is 0.115. The molecule has 0 spiro atoms. The molecule has 0 saturated heterocycles. The second kappa shape index (κ2) is 8.69. The highest BCUT2D eigenvalue weighted by Gasteiger charge is 2.19. The van der Waals surface area contributed by atoms with Gasteiger partial charge in [-0.15, -0.1) is 0 Å². The van der Waals surface area contributed by atoms with Gasteiger partial charge in [-0.3, -0.25) is 19.7 Å². The van der Waals surface area contributed by atoms with Crippen molar-refractivity contribution in [2.45, 2.75) is 13.3 Å². The zero-order valence-corrected chi connectivity index (χ0v) is 12.6. The lowest BCUT2D eigenvalue weighted by Gasteiger charge is -2.01. The lowest BCUT2D eigenvalue weighted by atomic mass is 10.0. The number of rotatable bonds is 4. The molecule has 2 aromatic carbocycles. The molecule has 0 aliphatic carbocycles. The molecule has 22 heavy (non-hydrogen) atoms. The molecule has 0 bridgehead atoms. The van der Waals surface area contributed by atoms with Crippen LogP contribution in [0.2, 0.25) is 0 Å². The van der Waals surface area contributed by atoms with Crippen LogP contribution < -0.4 is 0 Å². The van der Waals surface area contributed by atoms with Gasteiger partial charge < -0.3 is 0 Å². The maximum Gasteiger partial charge on any atom is 0.280 e. The van der Waals surface area contributed by atoms with Crippen LogP contribution in [0, 0.1) is 10.1 Å². The van der Waals surface area contributed by atoms with Crippen molar-refractivity contribution in [3.8, 4) is 0 Å². The molecule has 2 aromatic rings. The average molecular weight is 320 g/mol. The first-order chi connectivity index (χ1) is 10.5. The molecule has 0 unspecified atom stereocenters. The van der Waals surface area contributed by atoms with Crippen molar-refractivity contribution in [2.75, 3.05) is 0 Å². The van der Waals surface area contributed by atoms with E-state index in [1.54, 1.807) is 49.4 Å². The van der Waals surface area contributed by atoms with Crippen molar-refractivity contribution >= 4 is 28.3 Å². The number of halogens is 1. The molecule has 0 aliphatic rings. The van der Waals surface area contributed by atoms with E-state index in [2.05, 4.69) is 0 Å². The first kappa shape index (κ1) is 17.5. The fourth-order valence-corrected chi connectivity index (χ4v) is 1.57. The second-order valence-electron chi connectivity index (χ2n) is 4.18. The molecule has 0 atom stereocenters. The number of para-hydroxylation sites is 1. The van der Waals surface area contributed by atoms with E-state index in [0.717, 1.165) is 0 Å². The van der Waals surface area contributed by atoms with Crippen LogP contribution in [0.25, 0.3) is 0 Å². The third-order valence-electron chi connectivity index (χ3n) is 2.66. The summed E-state index contributed by atoms with van der Waals surface area (Å²) in [6.45, 7) is 1.72. The van der Waals surface area contributed by atoms with E-state index >= 15 is 0 Å². The Morgan fingerprint density at radius 2 is 1.55 bits per heavy atom. The Bertz CT molecular complexity index is 671. The van der Waals surface area contributed by atoms with Crippen LogP contribution in [0.4, 0.5) is 5.69 Å². The van der Waals surface area contributed by atoms with Crippen molar-refractivity contribution in [1.82, 2.24) is 0 Å². The zero-order chi connectivity index (χ0) is 16.5. The molecule has 0 heterocycles. The lowest BCUT2D eigenvalue weighted by Crippen LogP contribution is -2.04. The Kier molecular flexibility index (Phi) is 6.92. The molecule has 0 aromatic heterocycles. The molecule has 2 rings (SSSR count). The summed E-state index contributed by atoms with van der Waals surface area (Å²) in [5, 5.41) is 10.5. The Morgan fingerprint density at radius 1 is 1.05 bits per heavy atom. The number of nitro benzene ring substituents is 1. The van der Waals surface area contributed by atoms with E-state index in [1.807, 2.05) is 0 Å². The summed E-state index contributed by atoms with van der Waals surface area (Å²) in [5.74, 6) is -0.335. The number of benzene rings is 2.